The number of halogens is 3. The molecule has 0 saturated carbocycles. The zero-order chi connectivity index (χ0) is 19.3. The predicted molar refractivity (Wildman–Crippen MR) is 78.2 cm³/mol. The van der Waals surface area contributed by atoms with E-state index >= 15 is 0 Å². The minimum atomic E-state index is -4.89. The number of benzene rings is 1. The van der Waals surface area contributed by atoms with E-state index in [1.807, 2.05) is 0 Å². The minimum Gasteiger partial charge on any atom is -0.480 e. The Labute approximate surface area is 141 Å². The van der Waals surface area contributed by atoms with Crippen molar-refractivity contribution >= 4 is 21.9 Å². The van der Waals surface area contributed by atoms with Crippen LogP contribution in [0.5, 0.6) is 5.75 Å². The second-order valence-electron chi connectivity index (χ2n) is 4.79. The number of sulfonamides is 1. The van der Waals surface area contributed by atoms with Crippen molar-refractivity contribution in [2.75, 3.05) is 6.54 Å². The number of carboxylic acids is 1. The summed E-state index contributed by atoms with van der Waals surface area (Å²) in [6.07, 6.45) is -5.20. The third kappa shape index (κ3) is 7.39. The van der Waals surface area contributed by atoms with E-state index in [0.717, 1.165) is 24.3 Å². The summed E-state index contributed by atoms with van der Waals surface area (Å²) in [6.45, 7) is 0.927. The first-order chi connectivity index (χ1) is 11.4. The molecule has 0 fully saturated rings. The standard InChI is InChI=1S/C13H15F3N2O6S/c1-8(12(20)21)18-11(19)6-7-17-25(22,23)10-4-2-9(3-5-10)24-13(14,15)16/h2-5,8,17H,6-7H2,1H3,(H,18,19)(H,20,21)/t8-/m1/s1. The summed E-state index contributed by atoms with van der Waals surface area (Å²) in [6, 6.07) is 2.38. The molecule has 0 spiro atoms. The number of aliphatic carboxylic acids is 1. The van der Waals surface area contributed by atoms with Gasteiger partial charge >= 0.3 is 12.3 Å². The molecule has 1 aromatic rings. The molecule has 140 valence electrons. The molecular formula is C13H15F3N2O6S. The zero-order valence-electron chi connectivity index (χ0n) is 12.8. The highest BCUT2D eigenvalue weighted by Gasteiger charge is 2.31. The van der Waals surface area contributed by atoms with Crippen LogP contribution >= 0.6 is 0 Å². The SMILES string of the molecule is C[C@@H](NC(=O)CCNS(=O)(=O)c1ccc(OC(F)(F)F)cc1)C(=O)O. The van der Waals surface area contributed by atoms with Crippen LogP contribution in [0, 0.1) is 0 Å². The van der Waals surface area contributed by atoms with Crippen molar-refractivity contribution in [1.29, 1.82) is 0 Å². The van der Waals surface area contributed by atoms with E-state index in [1.165, 1.54) is 6.92 Å². The molecule has 1 amide bonds. The molecule has 25 heavy (non-hydrogen) atoms. The van der Waals surface area contributed by atoms with Crippen molar-refractivity contribution in [3.05, 3.63) is 24.3 Å². The van der Waals surface area contributed by atoms with E-state index in [9.17, 15) is 31.2 Å². The molecule has 0 aromatic heterocycles. The third-order valence-electron chi connectivity index (χ3n) is 2.76. The number of alkyl halides is 3. The molecule has 12 heteroatoms. The van der Waals surface area contributed by atoms with Crippen LogP contribution in [0.1, 0.15) is 13.3 Å². The lowest BCUT2D eigenvalue weighted by atomic mass is 10.3. The van der Waals surface area contributed by atoms with E-state index in [4.69, 9.17) is 5.11 Å². The average molecular weight is 384 g/mol. The van der Waals surface area contributed by atoms with Gasteiger partial charge in [-0.05, 0) is 31.2 Å². The zero-order valence-corrected chi connectivity index (χ0v) is 13.6. The first-order valence-corrected chi connectivity index (χ1v) is 8.26. The average Bonchev–Trinajstić information content (AvgIpc) is 2.45. The maximum Gasteiger partial charge on any atom is 0.573 e. The molecule has 0 aliphatic heterocycles. The summed E-state index contributed by atoms with van der Waals surface area (Å²) >= 11 is 0. The largest absolute Gasteiger partial charge is 0.573 e. The normalized spacial score (nSPS) is 13.1. The van der Waals surface area contributed by atoms with Gasteiger partial charge < -0.3 is 15.2 Å². The third-order valence-corrected chi connectivity index (χ3v) is 4.24. The van der Waals surface area contributed by atoms with Gasteiger partial charge in [-0.1, -0.05) is 0 Å². The predicted octanol–water partition coefficient (Wildman–Crippen LogP) is 0.843. The number of carbonyl (C=O) groups is 2. The molecule has 1 atom stereocenters. The Bertz CT molecular complexity index is 718. The fourth-order valence-electron chi connectivity index (χ4n) is 1.58. The number of ether oxygens (including phenoxy) is 1. The van der Waals surface area contributed by atoms with Crippen molar-refractivity contribution in [2.45, 2.75) is 30.6 Å². The van der Waals surface area contributed by atoms with Gasteiger partial charge in [-0.15, -0.1) is 13.2 Å². The van der Waals surface area contributed by atoms with Crippen LogP contribution in [0.3, 0.4) is 0 Å². The number of amides is 1. The van der Waals surface area contributed by atoms with Gasteiger partial charge in [0.25, 0.3) is 0 Å². The Balaban J connectivity index is 2.58. The maximum absolute atomic E-state index is 12.0. The molecule has 0 aliphatic rings. The van der Waals surface area contributed by atoms with Gasteiger partial charge in [-0.3, -0.25) is 9.59 Å². The highest BCUT2D eigenvalue weighted by Crippen LogP contribution is 2.23. The number of rotatable bonds is 8. The quantitative estimate of drug-likeness (QED) is 0.611. The number of hydrogen-bond acceptors (Lipinski definition) is 5. The van der Waals surface area contributed by atoms with Crippen molar-refractivity contribution in [2.24, 2.45) is 0 Å². The van der Waals surface area contributed by atoms with Crippen LogP contribution in [0.15, 0.2) is 29.2 Å². The number of hydrogen-bond donors (Lipinski definition) is 3. The van der Waals surface area contributed by atoms with Gasteiger partial charge in [0, 0.05) is 13.0 Å². The molecule has 0 bridgehead atoms. The topological polar surface area (TPSA) is 122 Å². The van der Waals surface area contributed by atoms with Crippen molar-refractivity contribution < 1.29 is 41.0 Å². The number of nitrogens with one attached hydrogen (secondary N) is 2. The van der Waals surface area contributed by atoms with Gasteiger partial charge in [0.15, 0.2) is 0 Å². The molecule has 1 rings (SSSR count). The van der Waals surface area contributed by atoms with Crippen LogP contribution in [-0.4, -0.2) is 44.3 Å². The Kier molecular flexibility index (Phi) is 6.76. The molecule has 0 saturated heterocycles. The molecule has 0 heterocycles. The Morgan fingerprint density at radius 3 is 2.28 bits per heavy atom. The molecule has 0 unspecified atom stereocenters. The fourth-order valence-corrected chi connectivity index (χ4v) is 2.61. The smallest absolute Gasteiger partial charge is 0.480 e. The van der Waals surface area contributed by atoms with E-state index in [1.54, 1.807) is 0 Å². The van der Waals surface area contributed by atoms with Gasteiger partial charge in [-0.25, -0.2) is 13.1 Å². The van der Waals surface area contributed by atoms with Gasteiger partial charge in [0.05, 0.1) is 4.90 Å². The van der Waals surface area contributed by atoms with Crippen LogP contribution < -0.4 is 14.8 Å². The lowest BCUT2D eigenvalue weighted by Gasteiger charge is -2.11. The highest BCUT2D eigenvalue weighted by atomic mass is 32.2. The van der Waals surface area contributed by atoms with E-state index in [0.29, 0.717) is 0 Å². The lowest BCUT2D eigenvalue weighted by molar-refractivity contribution is -0.274. The summed E-state index contributed by atoms with van der Waals surface area (Å²) in [5.41, 5.74) is 0. The van der Waals surface area contributed by atoms with Crippen LogP contribution in [0.2, 0.25) is 0 Å². The summed E-state index contributed by atoms with van der Waals surface area (Å²) in [4.78, 5) is 21.7. The molecule has 8 nitrogen and oxygen atoms in total. The lowest BCUT2D eigenvalue weighted by Crippen LogP contribution is -2.39. The first kappa shape index (κ1) is 20.7. The van der Waals surface area contributed by atoms with E-state index in [-0.39, 0.29) is 17.9 Å². The number of carboxylic acid groups (broad SMARTS) is 1. The summed E-state index contributed by atoms with van der Waals surface area (Å²) in [5.74, 6) is -2.49. The Morgan fingerprint density at radius 2 is 1.80 bits per heavy atom. The van der Waals surface area contributed by atoms with Gasteiger partial charge in [-0.2, -0.15) is 0 Å². The summed E-state index contributed by atoms with van der Waals surface area (Å²) in [7, 11) is -4.04. The second-order valence-corrected chi connectivity index (χ2v) is 6.56. The van der Waals surface area contributed by atoms with Crippen molar-refractivity contribution in [3.63, 3.8) is 0 Å². The van der Waals surface area contributed by atoms with Gasteiger partial charge in [0.2, 0.25) is 15.9 Å². The van der Waals surface area contributed by atoms with E-state index < -0.39 is 40.1 Å². The van der Waals surface area contributed by atoms with Crippen molar-refractivity contribution in [3.8, 4) is 5.75 Å². The minimum absolute atomic E-state index is 0.313. The Hall–Kier alpha value is -2.34. The maximum atomic E-state index is 12.0. The second kappa shape index (κ2) is 8.16. The van der Waals surface area contributed by atoms with Crippen LogP contribution in [0.25, 0.3) is 0 Å². The van der Waals surface area contributed by atoms with Gasteiger partial charge in [0.1, 0.15) is 11.8 Å². The molecule has 3 N–H and O–H groups in total. The molecular weight excluding hydrogens is 369 g/mol. The fraction of sp³-hybridized carbons (Fsp3) is 0.385. The van der Waals surface area contributed by atoms with Crippen LogP contribution in [-0.2, 0) is 19.6 Å². The number of carbonyl (C=O) groups excluding carboxylic acids is 1. The Morgan fingerprint density at radius 1 is 1.24 bits per heavy atom. The molecule has 1 aromatic carbocycles. The van der Waals surface area contributed by atoms with Crippen molar-refractivity contribution in [1.82, 2.24) is 10.0 Å². The molecule has 0 aliphatic carbocycles. The summed E-state index contributed by atoms with van der Waals surface area (Å²) in [5, 5.41) is 10.8. The van der Waals surface area contributed by atoms with Crippen LogP contribution in [0.4, 0.5) is 13.2 Å². The highest BCUT2D eigenvalue weighted by molar-refractivity contribution is 7.89. The first-order valence-electron chi connectivity index (χ1n) is 6.78. The molecule has 0 radical (unpaired) electrons. The monoisotopic (exact) mass is 384 g/mol. The summed E-state index contributed by atoms with van der Waals surface area (Å²) < 4.78 is 65.7. The van der Waals surface area contributed by atoms with E-state index in [2.05, 4.69) is 14.8 Å².